The number of rotatable bonds is 6. The number of hydrogen-bond acceptors (Lipinski definition) is 2. The van der Waals surface area contributed by atoms with Crippen molar-refractivity contribution in [3.63, 3.8) is 0 Å². The van der Waals surface area contributed by atoms with Crippen molar-refractivity contribution in [2.45, 2.75) is 39.4 Å². The summed E-state index contributed by atoms with van der Waals surface area (Å²) in [5.41, 5.74) is -0.350. The second kappa shape index (κ2) is 7.48. The topological polar surface area (TPSA) is 66.4 Å². The molecule has 0 bridgehead atoms. The van der Waals surface area contributed by atoms with Crippen LogP contribution in [0.15, 0.2) is 24.3 Å². The van der Waals surface area contributed by atoms with E-state index in [-0.39, 0.29) is 12.3 Å². The van der Waals surface area contributed by atoms with Gasteiger partial charge in [0.2, 0.25) is 5.91 Å². The molecule has 0 saturated heterocycles. The SMILES string of the molecule is CC(Cc1cccc(C(F)(F)F)c1)C(=O)NC(C)C(C)C(=O)O. The van der Waals surface area contributed by atoms with E-state index in [1.807, 2.05) is 0 Å². The zero-order chi connectivity index (χ0) is 17.8. The molecule has 128 valence electrons. The first kappa shape index (κ1) is 19.0. The van der Waals surface area contributed by atoms with Crippen LogP contribution < -0.4 is 5.32 Å². The first-order valence-electron chi connectivity index (χ1n) is 7.21. The number of hydrogen-bond donors (Lipinski definition) is 2. The summed E-state index contributed by atoms with van der Waals surface area (Å²) in [4.78, 5) is 22.9. The van der Waals surface area contributed by atoms with E-state index in [9.17, 15) is 22.8 Å². The fraction of sp³-hybridized carbons (Fsp3) is 0.500. The molecule has 1 aromatic carbocycles. The lowest BCUT2D eigenvalue weighted by atomic mass is 9.97. The molecule has 0 spiro atoms. The van der Waals surface area contributed by atoms with Gasteiger partial charge in [0.05, 0.1) is 11.5 Å². The number of carbonyl (C=O) groups is 2. The van der Waals surface area contributed by atoms with E-state index in [1.165, 1.54) is 19.1 Å². The molecule has 0 aliphatic carbocycles. The van der Waals surface area contributed by atoms with Gasteiger partial charge in [0.15, 0.2) is 0 Å². The van der Waals surface area contributed by atoms with E-state index < -0.39 is 35.6 Å². The number of benzene rings is 1. The molecule has 0 heterocycles. The molecule has 0 aliphatic heterocycles. The Labute approximate surface area is 132 Å². The van der Waals surface area contributed by atoms with Gasteiger partial charge < -0.3 is 10.4 Å². The van der Waals surface area contributed by atoms with E-state index in [1.54, 1.807) is 13.8 Å². The van der Waals surface area contributed by atoms with Crippen molar-refractivity contribution in [1.82, 2.24) is 5.32 Å². The lowest BCUT2D eigenvalue weighted by molar-refractivity contribution is -0.142. The third kappa shape index (κ3) is 5.58. The molecular weight excluding hydrogens is 311 g/mol. The van der Waals surface area contributed by atoms with Crippen molar-refractivity contribution < 1.29 is 27.9 Å². The first-order valence-corrected chi connectivity index (χ1v) is 7.21. The van der Waals surface area contributed by atoms with Crippen LogP contribution >= 0.6 is 0 Å². The van der Waals surface area contributed by atoms with Gasteiger partial charge in [0, 0.05) is 12.0 Å². The van der Waals surface area contributed by atoms with Crippen molar-refractivity contribution in [3.05, 3.63) is 35.4 Å². The number of halogens is 3. The van der Waals surface area contributed by atoms with Crippen LogP contribution in [0.5, 0.6) is 0 Å². The molecule has 0 aliphatic rings. The van der Waals surface area contributed by atoms with Gasteiger partial charge in [-0.25, -0.2) is 0 Å². The Kier molecular flexibility index (Phi) is 6.18. The van der Waals surface area contributed by atoms with E-state index in [0.29, 0.717) is 5.56 Å². The summed E-state index contributed by atoms with van der Waals surface area (Å²) in [7, 11) is 0. The molecule has 2 N–H and O–H groups in total. The highest BCUT2D eigenvalue weighted by molar-refractivity contribution is 5.80. The van der Waals surface area contributed by atoms with E-state index in [2.05, 4.69) is 5.32 Å². The molecule has 4 nitrogen and oxygen atoms in total. The summed E-state index contributed by atoms with van der Waals surface area (Å²) in [5.74, 6) is -2.73. The second-order valence-corrected chi connectivity index (χ2v) is 5.73. The molecule has 0 fully saturated rings. The van der Waals surface area contributed by atoms with Crippen LogP contribution in [-0.2, 0) is 22.2 Å². The Balaban J connectivity index is 2.70. The third-order valence-corrected chi connectivity index (χ3v) is 3.75. The van der Waals surface area contributed by atoms with Gasteiger partial charge in [-0.05, 0) is 31.9 Å². The number of carboxylic acid groups (broad SMARTS) is 1. The standard InChI is InChI=1S/C16H20F3NO3/c1-9(14(21)20-11(3)10(2)15(22)23)7-12-5-4-6-13(8-12)16(17,18)19/h4-6,8-11H,7H2,1-3H3,(H,20,21)(H,22,23). The van der Waals surface area contributed by atoms with Crippen LogP contribution in [0, 0.1) is 11.8 Å². The monoisotopic (exact) mass is 331 g/mol. The molecule has 0 saturated carbocycles. The summed E-state index contributed by atoms with van der Waals surface area (Å²) in [6, 6.07) is 4.27. The molecule has 1 amide bonds. The number of nitrogens with one attached hydrogen (secondary N) is 1. The quantitative estimate of drug-likeness (QED) is 0.842. The Morgan fingerprint density at radius 3 is 2.35 bits per heavy atom. The van der Waals surface area contributed by atoms with Crippen molar-refractivity contribution in [2.24, 2.45) is 11.8 Å². The molecule has 3 unspecified atom stereocenters. The number of aliphatic carboxylic acids is 1. The number of carbonyl (C=O) groups excluding carboxylic acids is 1. The van der Waals surface area contributed by atoms with Gasteiger partial charge in [0.25, 0.3) is 0 Å². The number of alkyl halides is 3. The Bertz CT molecular complexity index is 572. The summed E-state index contributed by atoms with van der Waals surface area (Å²) in [6.07, 6.45) is -4.28. The fourth-order valence-corrected chi connectivity index (χ4v) is 2.03. The maximum absolute atomic E-state index is 12.7. The van der Waals surface area contributed by atoms with E-state index >= 15 is 0 Å². The largest absolute Gasteiger partial charge is 0.481 e. The predicted octanol–water partition coefficient (Wildman–Crippen LogP) is 3.11. The normalized spacial score (nSPS) is 15.6. The minimum absolute atomic E-state index is 0.143. The zero-order valence-electron chi connectivity index (χ0n) is 13.1. The Hall–Kier alpha value is -2.05. The molecule has 0 aromatic heterocycles. The summed E-state index contributed by atoms with van der Waals surface area (Å²) in [5, 5.41) is 11.5. The Morgan fingerprint density at radius 2 is 1.83 bits per heavy atom. The van der Waals surface area contributed by atoms with Crippen LogP contribution in [0.3, 0.4) is 0 Å². The average Bonchev–Trinajstić information content (AvgIpc) is 2.45. The Morgan fingerprint density at radius 1 is 1.22 bits per heavy atom. The minimum Gasteiger partial charge on any atom is -0.481 e. The van der Waals surface area contributed by atoms with Crippen molar-refractivity contribution >= 4 is 11.9 Å². The highest BCUT2D eigenvalue weighted by Gasteiger charge is 2.30. The smallest absolute Gasteiger partial charge is 0.416 e. The number of amides is 1. The number of carboxylic acids is 1. The lowest BCUT2D eigenvalue weighted by Crippen LogP contribution is -2.42. The summed E-state index contributed by atoms with van der Waals surface area (Å²) >= 11 is 0. The highest BCUT2D eigenvalue weighted by atomic mass is 19.4. The molecule has 3 atom stereocenters. The van der Waals surface area contributed by atoms with Crippen LogP contribution in [-0.4, -0.2) is 23.0 Å². The summed E-state index contributed by atoms with van der Waals surface area (Å²) < 4.78 is 38.0. The minimum atomic E-state index is -4.42. The third-order valence-electron chi connectivity index (χ3n) is 3.75. The van der Waals surface area contributed by atoms with Crippen LogP contribution in [0.2, 0.25) is 0 Å². The molecule has 7 heteroatoms. The first-order chi connectivity index (χ1) is 10.5. The van der Waals surface area contributed by atoms with Crippen molar-refractivity contribution in [1.29, 1.82) is 0 Å². The molecule has 1 aromatic rings. The van der Waals surface area contributed by atoms with Crippen LogP contribution in [0.4, 0.5) is 13.2 Å². The summed E-state index contributed by atoms with van der Waals surface area (Å²) in [6.45, 7) is 4.65. The van der Waals surface area contributed by atoms with Gasteiger partial charge in [-0.2, -0.15) is 13.2 Å². The average molecular weight is 331 g/mol. The van der Waals surface area contributed by atoms with Gasteiger partial charge in [-0.15, -0.1) is 0 Å². The van der Waals surface area contributed by atoms with Crippen LogP contribution in [0.1, 0.15) is 31.9 Å². The fourth-order valence-electron chi connectivity index (χ4n) is 2.03. The molecular formula is C16H20F3NO3. The molecule has 23 heavy (non-hydrogen) atoms. The maximum atomic E-state index is 12.7. The molecule has 0 radical (unpaired) electrons. The lowest BCUT2D eigenvalue weighted by Gasteiger charge is -2.20. The van der Waals surface area contributed by atoms with Gasteiger partial charge >= 0.3 is 12.1 Å². The van der Waals surface area contributed by atoms with Gasteiger partial charge in [-0.1, -0.05) is 25.1 Å². The van der Waals surface area contributed by atoms with Gasteiger partial charge in [0.1, 0.15) is 0 Å². The predicted molar refractivity (Wildman–Crippen MR) is 78.7 cm³/mol. The maximum Gasteiger partial charge on any atom is 0.416 e. The van der Waals surface area contributed by atoms with Gasteiger partial charge in [-0.3, -0.25) is 9.59 Å². The molecule has 1 rings (SSSR count). The van der Waals surface area contributed by atoms with Crippen molar-refractivity contribution in [3.8, 4) is 0 Å². The van der Waals surface area contributed by atoms with Crippen molar-refractivity contribution in [2.75, 3.05) is 0 Å². The highest BCUT2D eigenvalue weighted by Crippen LogP contribution is 2.30. The second-order valence-electron chi connectivity index (χ2n) is 5.73. The van der Waals surface area contributed by atoms with E-state index in [0.717, 1.165) is 12.1 Å². The van der Waals surface area contributed by atoms with E-state index in [4.69, 9.17) is 5.11 Å². The zero-order valence-corrected chi connectivity index (χ0v) is 13.1. The van der Waals surface area contributed by atoms with Crippen LogP contribution in [0.25, 0.3) is 0 Å².